The molecule has 9 nitrogen and oxygen atoms in total. The number of nitrogens with one attached hydrogen (secondary N) is 1. The number of esters is 2. The summed E-state index contributed by atoms with van der Waals surface area (Å²) in [6, 6.07) is 7.07. The van der Waals surface area contributed by atoms with Gasteiger partial charge in [-0.15, -0.1) is 0 Å². The van der Waals surface area contributed by atoms with E-state index in [2.05, 4.69) is 5.32 Å². The van der Waals surface area contributed by atoms with Gasteiger partial charge in [-0.05, 0) is 51.7 Å². The summed E-state index contributed by atoms with van der Waals surface area (Å²) in [4.78, 5) is 36.8. The van der Waals surface area contributed by atoms with E-state index in [-0.39, 0.29) is 32.3 Å². The zero-order valence-electron chi connectivity index (χ0n) is 20.0. The molecule has 1 unspecified atom stereocenters. The Labute approximate surface area is 196 Å². The van der Waals surface area contributed by atoms with Gasteiger partial charge in [0.15, 0.2) is 5.92 Å². The topological polar surface area (TPSA) is 117 Å². The van der Waals surface area contributed by atoms with Crippen molar-refractivity contribution >= 4 is 25.4 Å². The summed E-state index contributed by atoms with van der Waals surface area (Å²) in [6.45, 7) is 7.96. The maximum absolute atomic E-state index is 12.8. The molecule has 0 aromatic heterocycles. The van der Waals surface area contributed by atoms with E-state index in [9.17, 15) is 18.9 Å². The minimum Gasteiger partial charge on any atom is -0.466 e. The number of benzene rings is 1. The fourth-order valence-electron chi connectivity index (χ4n) is 3.21. The number of amides is 1. The van der Waals surface area contributed by atoms with E-state index in [1.54, 1.807) is 45.9 Å². The van der Waals surface area contributed by atoms with Gasteiger partial charge in [-0.25, -0.2) is 0 Å². The van der Waals surface area contributed by atoms with Crippen molar-refractivity contribution in [3.05, 3.63) is 35.4 Å². The molecule has 1 atom stereocenters. The van der Waals surface area contributed by atoms with Gasteiger partial charge in [0.2, 0.25) is 5.91 Å². The maximum Gasteiger partial charge on any atom is 0.330 e. The molecule has 1 amide bonds. The van der Waals surface area contributed by atoms with Crippen molar-refractivity contribution in [3.63, 3.8) is 0 Å². The molecule has 0 saturated carbocycles. The van der Waals surface area contributed by atoms with Crippen molar-refractivity contribution < 1.29 is 37.5 Å². The molecule has 0 heterocycles. The third kappa shape index (κ3) is 10.5. The van der Waals surface area contributed by atoms with Crippen molar-refractivity contribution in [1.29, 1.82) is 0 Å². The Hall–Kier alpha value is -2.22. The van der Waals surface area contributed by atoms with Crippen LogP contribution >= 0.6 is 7.60 Å². The fourth-order valence-corrected chi connectivity index (χ4v) is 4.87. The van der Waals surface area contributed by atoms with Crippen molar-refractivity contribution in [2.45, 2.75) is 52.9 Å². The van der Waals surface area contributed by atoms with Gasteiger partial charge in [-0.1, -0.05) is 24.3 Å². The third-order valence-corrected chi connectivity index (χ3v) is 6.72. The Balaban J connectivity index is 2.88. The van der Waals surface area contributed by atoms with Crippen LogP contribution in [-0.4, -0.2) is 57.0 Å². The molecule has 1 N–H and O–H groups in total. The van der Waals surface area contributed by atoms with Crippen LogP contribution < -0.4 is 5.32 Å². The van der Waals surface area contributed by atoms with Gasteiger partial charge in [-0.2, -0.15) is 0 Å². The summed E-state index contributed by atoms with van der Waals surface area (Å²) < 4.78 is 33.2. The summed E-state index contributed by atoms with van der Waals surface area (Å²) >= 11 is 0. The van der Waals surface area contributed by atoms with Gasteiger partial charge >= 0.3 is 19.5 Å². The lowest BCUT2D eigenvalue weighted by molar-refractivity contribution is -0.148. The van der Waals surface area contributed by atoms with Crippen LogP contribution in [0.3, 0.4) is 0 Å². The summed E-state index contributed by atoms with van der Waals surface area (Å²) in [5, 5.41) is 2.61. The molecule has 0 saturated heterocycles. The predicted octanol–water partition coefficient (Wildman–Crippen LogP) is 3.60. The fraction of sp³-hybridized carbons (Fsp3) is 0.609. The lowest BCUT2D eigenvalue weighted by atomic mass is 9.95. The summed E-state index contributed by atoms with van der Waals surface area (Å²) in [5.74, 6) is -2.80. The third-order valence-electron chi connectivity index (χ3n) is 4.55. The molecule has 1 aromatic carbocycles. The van der Waals surface area contributed by atoms with Crippen molar-refractivity contribution in [3.8, 4) is 0 Å². The van der Waals surface area contributed by atoms with E-state index in [1.165, 1.54) is 0 Å². The molecule has 0 aliphatic heterocycles. The molecule has 0 bridgehead atoms. The average molecular weight is 486 g/mol. The summed E-state index contributed by atoms with van der Waals surface area (Å²) in [6.07, 6.45) is 1.40. The molecule has 0 aliphatic rings. The number of carbonyl (C=O) groups excluding carboxylic acids is 3. The standard InChI is InChI=1S/C23H36NO8P/c1-5-29-20(25)14-15-24-22(26)21(23(27)30-6-2)19-13-9-11-18(17-19)12-10-16-33(28,31-7-3)32-8-4/h9,11,13,17,21H,5-8,10,12,14-16H2,1-4H3,(H,24,26). The lowest BCUT2D eigenvalue weighted by Gasteiger charge is -2.18. The predicted molar refractivity (Wildman–Crippen MR) is 124 cm³/mol. The van der Waals surface area contributed by atoms with E-state index >= 15 is 0 Å². The van der Waals surface area contributed by atoms with Crippen molar-refractivity contribution in [2.75, 3.05) is 39.1 Å². The Morgan fingerprint density at radius 3 is 2.24 bits per heavy atom. The molecule has 1 rings (SSSR count). The molecule has 10 heteroatoms. The van der Waals surface area contributed by atoms with Gasteiger partial charge in [0.25, 0.3) is 0 Å². The van der Waals surface area contributed by atoms with E-state index in [1.807, 2.05) is 6.07 Å². The highest BCUT2D eigenvalue weighted by atomic mass is 31.2. The van der Waals surface area contributed by atoms with Crippen LogP contribution in [0.1, 0.15) is 57.6 Å². The van der Waals surface area contributed by atoms with Gasteiger partial charge in [0.1, 0.15) is 0 Å². The molecular formula is C23H36NO8P. The first-order valence-electron chi connectivity index (χ1n) is 11.4. The average Bonchev–Trinajstić information content (AvgIpc) is 2.75. The molecule has 33 heavy (non-hydrogen) atoms. The normalized spacial score (nSPS) is 12.1. The van der Waals surface area contributed by atoms with Crippen LogP contribution in [-0.2, 0) is 43.9 Å². The van der Waals surface area contributed by atoms with Crippen LogP contribution in [0.4, 0.5) is 0 Å². The number of aryl methyl sites for hydroxylation is 1. The molecule has 0 spiro atoms. The van der Waals surface area contributed by atoms with E-state index in [0.29, 0.717) is 31.6 Å². The summed E-state index contributed by atoms with van der Waals surface area (Å²) in [5.41, 5.74) is 1.36. The molecule has 0 radical (unpaired) electrons. The monoisotopic (exact) mass is 485 g/mol. The van der Waals surface area contributed by atoms with E-state index in [4.69, 9.17) is 18.5 Å². The highest BCUT2D eigenvalue weighted by Crippen LogP contribution is 2.48. The number of ether oxygens (including phenoxy) is 2. The second-order valence-electron chi connectivity index (χ2n) is 7.05. The molecule has 0 fully saturated rings. The SMILES string of the molecule is CCOC(=O)CCNC(=O)C(C(=O)OCC)c1cccc(CCCP(=O)(OCC)OCC)c1. The minimum atomic E-state index is -3.13. The van der Waals surface area contributed by atoms with Gasteiger partial charge < -0.3 is 23.8 Å². The quantitative estimate of drug-likeness (QED) is 0.214. The second-order valence-corrected chi connectivity index (χ2v) is 9.24. The first kappa shape index (κ1) is 28.8. The van der Waals surface area contributed by atoms with Crippen molar-refractivity contribution in [2.24, 2.45) is 0 Å². The lowest BCUT2D eigenvalue weighted by Crippen LogP contribution is -2.36. The zero-order valence-corrected chi connectivity index (χ0v) is 20.9. The largest absolute Gasteiger partial charge is 0.466 e. The Morgan fingerprint density at radius 1 is 0.970 bits per heavy atom. The van der Waals surface area contributed by atoms with Crippen LogP contribution in [0, 0.1) is 0 Å². The van der Waals surface area contributed by atoms with Gasteiger partial charge in [-0.3, -0.25) is 18.9 Å². The molecule has 186 valence electrons. The van der Waals surface area contributed by atoms with Crippen molar-refractivity contribution in [1.82, 2.24) is 5.32 Å². The van der Waals surface area contributed by atoms with Crippen LogP contribution in [0.25, 0.3) is 0 Å². The second kappa shape index (κ2) is 15.6. The Morgan fingerprint density at radius 2 is 1.64 bits per heavy atom. The number of hydrogen-bond donors (Lipinski definition) is 1. The maximum atomic E-state index is 12.8. The molecule has 1 aromatic rings. The first-order chi connectivity index (χ1) is 15.8. The number of rotatable bonds is 16. The van der Waals surface area contributed by atoms with Gasteiger partial charge in [0.05, 0.1) is 39.0 Å². The summed E-state index contributed by atoms with van der Waals surface area (Å²) in [7, 11) is -3.13. The van der Waals surface area contributed by atoms with Crippen LogP contribution in [0.15, 0.2) is 24.3 Å². The van der Waals surface area contributed by atoms with E-state index in [0.717, 1.165) is 5.56 Å². The van der Waals surface area contributed by atoms with Crippen LogP contribution in [0.5, 0.6) is 0 Å². The van der Waals surface area contributed by atoms with Gasteiger partial charge in [0, 0.05) is 6.54 Å². The minimum absolute atomic E-state index is 0.00881. The molecular weight excluding hydrogens is 449 g/mol. The van der Waals surface area contributed by atoms with E-state index < -0.39 is 31.4 Å². The molecule has 0 aliphatic carbocycles. The first-order valence-corrected chi connectivity index (χ1v) is 13.1. The zero-order chi connectivity index (χ0) is 24.7. The smallest absolute Gasteiger partial charge is 0.330 e. The Kier molecular flexibility index (Phi) is 13.6. The number of carbonyl (C=O) groups is 3. The number of hydrogen-bond acceptors (Lipinski definition) is 8. The van der Waals surface area contributed by atoms with Crippen LogP contribution in [0.2, 0.25) is 0 Å². The Bertz CT molecular complexity index is 803. The highest BCUT2D eigenvalue weighted by molar-refractivity contribution is 7.53. The highest BCUT2D eigenvalue weighted by Gasteiger charge is 2.30.